The van der Waals surface area contributed by atoms with E-state index in [1.54, 1.807) is 0 Å². The second-order valence-corrected chi connectivity index (χ2v) is 7.55. The van der Waals surface area contributed by atoms with Crippen LogP contribution in [0.15, 0.2) is 54.6 Å². The van der Waals surface area contributed by atoms with Gasteiger partial charge >= 0.3 is 0 Å². The first-order valence-electron chi connectivity index (χ1n) is 9.97. The van der Waals surface area contributed by atoms with Crippen LogP contribution in [0.25, 0.3) is 10.9 Å². The molecule has 0 bridgehead atoms. The highest BCUT2D eigenvalue weighted by Gasteiger charge is 2.21. The van der Waals surface area contributed by atoms with Gasteiger partial charge in [0.15, 0.2) is 0 Å². The van der Waals surface area contributed by atoms with E-state index in [-0.39, 0.29) is 11.9 Å². The van der Waals surface area contributed by atoms with Crippen molar-refractivity contribution < 1.29 is 9.53 Å². The first-order chi connectivity index (χ1) is 13.6. The van der Waals surface area contributed by atoms with E-state index in [9.17, 15) is 4.79 Å². The fourth-order valence-electron chi connectivity index (χ4n) is 3.96. The predicted octanol–water partition coefficient (Wildman–Crippen LogP) is 4.93. The molecule has 1 N–H and O–H groups in total. The van der Waals surface area contributed by atoms with Crippen LogP contribution < -0.4 is 5.32 Å². The monoisotopic (exact) mass is 374 g/mol. The lowest BCUT2D eigenvalue weighted by molar-refractivity contribution is 0.0845. The molecule has 1 saturated heterocycles. The van der Waals surface area contributed by atoms with Gasteiger partial charge in [0.05, 0.1) is 11.6 Å². The lowest BCUT2D eigenvalue weighted by Gasteiger charge is -2.24. The Kier molecular flexibility index (Phi) is 5.40. The number of hydrogen-bond donors (Lipinski definition) is 1. The van der Waals surface area contributed by atoms with Gasteiger partial charge in [0, 0.05) is 35.8 Å². The summed E-state index contributed by atoms with van der Waals surface area (Å²) in [6.45, 7) is 5.58. The molecule has 1 aliphatic rings. The molecule has 0 radical (unpaired) electrons. The summed E-state index contributed by atoms with van der Waals surface area (Å²) in [6, 6.07) is 17.9. The van der Waals surface area contributed by atoms with Gasteiger partial charge < -0.3 is 10.1 Å². The summed E-state index contributed by atoms with van der Waals surface area (Å²) in [4.78, 5) is 17.8. The number of ether oxygens (including phenoxy) is 1. The molecule has 0 aliphatic carbocycles. The minimum atomic E-state index is -0.112. The summed E-state index contributed by atoms with van der Waals surface area (Å²) in [5.41, 5.74) is 4.91. The normalized spacial score (nSPS) is 16.1. The topological polar surface area (TPSA) is 51.2 Å². The second-order valence-electron chi connectivity index (χ2n) is 7.55. The van der Waals surface area contributed by atoms with E-state index in [1.807, 2.05) is 50.2 Å². The van der Waals surface area contributed by atoms with Gasteiger partial charge in [-0.15, -0.1) is 0 Å². The SMILES string of the molecule is Cc1ccccc1C(=O)N[C@H](C)c1cc(C2CCOCC2)nc2ccccc12. The van der Waals surface area contributed by atoms with E-state index >= 15 is 0 Å². The molecule has 1 atom stereocenters. The van der Waals surface area contributed by atoms with Gasteiger partial charge in [-0.2, -0.15) is 0 Å². The van der Waals surface area contributed by atoms with Crippen LogP contribution in [-0.4, -0.2) is 24.1 Å². The van der Waals surface area contributed by atoms with E-state index in [1.165, 1.54) is 0 Å². The quantitative estimate of drug-likeness (QED) is 0.704. The highest BCUT2D eigenvalue weighted by Crippen LogP contribution is 2.31. The summed E-state index contributed by atoms with van der Waals surface area (Å²) in [7, 11) is 0. The first kappa shape index (κ1) is 18.6. The van der Waals surface area contributed by atoms with Crippen molar-refractivity contribution in [2.24, 2.45) is 0 Å². The Hall–Kier alpha value is -2.72. The van der Waals surface area contributed by atoms with E-state index in [0.717, 1.165) is 59.3 Å². The number of amides is 1. The summed E-state index contributed by atoms with van der Waals surface area (Å²) in [5, 5.41) is 4.28. The largest absolute Gasteiger partial charge is 0.381 e. The van der Waals surface area contributed by atoms with Crippen molar-refractivity contribution in [3.8, 4) is 0 Å². The lowest BCUT2D eigenvalue weighted by Crippen LogP contribution is -2.27. The first-order valence-corrected chi connectivity index (χ1v) is 9.97. The number of nitrogens with zero attached hydrogens (tertiary/aromatic N) is 1. The third-order valence-corrected chi connectivity index (χ3v) is 5.61. The molecular formula is C24H26N2O2. The third-order valence-electron chi connectivity index (χ3n) is 5.61. The summed E-state index contributed by atoms with van der Waals surface area (Å²) < 4.78 is 5.51. The van der Waals surface area contributed by atoms with Gasteiger partial charge in [0.1, 0.15) is 0 Å². The number of para-hydroxylation sites is 1. The number of nitrogens with one attached hydrogen (secondary N) is 1. The van der Waals surface area contributed by atoms with Crippen molar-refractivity contribution in [3.63, 3.8) is 0 Å². The summed E-state index contributed by atoms with van der Waals surface area (Å²) in [5.74, 6) is 0.371. The van der Waals surface area contributed by atoms with E-state index in [2.05, 4.69) is 23.5 Å². The highest BCUT2D eigenvalue weighted by atomic mass is 16.5. The van der Waals surface area contributed by atoms with E-state index in [4.69, 9.17) is 9.72 Å². The Morgan fingerprint density at radius 2 is 1.82 bits per heavy atom. The van der Waals surface area contributed by atoms with Gasteiger partial charge in [-0.25, -0.2) is 0 Å². The maximum absolute atomic E-state index is 12.8. The molecule has 3 aromatic rings. The van der Waals surface area contributed by atoms with Gasteiger partial charge in [-0.05, 0) is 56.0 Å². The number of benzene rings is 2. The molecule has 1 aromatic heterocycles. The van der Waals surface area contributed by atoms with Gasteiger partial charge in [0.2, 0.25) is 0 Å². The average Bonchev–Trinajstić information content (AvgIpc) is 2.73. The number of rotatable bonds is 4. The van der Waals surface area contributed by atoms with Crippen LogP contribution in [0.1, 0.15) is 58.9 Å². The molecule has 2 heterocycles. The Bertz CT molecular complexity index is 993. The molecule has 0 spiro atoms. The molecule has 0 saturated carbocycles. The average molecular weight is 374 g/mol. The fourth-order valence-corrected chi connectivity index (χ4v) is 3.96. The van der Waals surface area contributed by atoms with Crippen LogP contribution in [0.5, 0.6) is 0 Å². The summed E-state index contributed by atoms with van der Waals surface area (Å²) >= 11 is 0. The number of hydrogen-bond acceptors (Lipinski definition) is 3. The van der Waals surface area contributed by atoms with Crippen molar-refractivity contribution in [1.29, 1.82) is 0 Å². The minimum Gasteiger partial charge on any atom is -0.381 e. The van der Waals surface area contributed by atoms with Crippen LogP contribution in [0.4, 0.5) is 0 Å². The Labute approximate surface area is 165 Å². The van der Waals surface area contributed by atoms with Crippen LogP contribution in [0.3, 0.4) is 0 Å². The second kappa shape index (κ2) is 8.11. The number of carbonyl (C=O) groups excluding carboxylic acids is 1. The lowest BCUT2D eigenvalue weighted by atomic mass is 9.92. The van der Waals surface area contributed by atoms with Crippen molar-refractivity contribution >= 4 is 16.8 Å². The Balaban J connectivity index is 1.68. The number of aromatic nitrogens is 1. The predicted molar refractivity (Wildman–Crippen MR) is 112 cm³/mol. The number of fused-ring (bicyclic) bond motifs is 1. The van der Waals surface area contributed by atoms with Crippen molar-refractivity contribution in [2.45, 2.75) is 38.6 Å². The van der Waals surface area contributed by atoms with Gasteiger partial charge in [-0.3, -0.25) is 9.78 Å². The zero-order chi connectivity index (χ0) is 19.5. The molecule has 1 aliphatic heterocycles. The summed E-state index contributed by atoms with van der Waals surface area (Å²) in [6.07, 6.45) is 1.99. The Morgan fingerprint density at radius 3 is 2.61 bits per heavy atom. The number of carbonyl (C=O) groups is 1. The molecule has 28 heavy (non-hydrogen) atoms. The molecular weight excluding hydrogens is 348 g/mol. The maximum atomic E-state index is 12.8. The van der Waals surface area contributed by atoms with Crippen molar-refractivity contribution in [3.05, 3.63) is 77.0 Å². The van der Waals surface area contributed by atoms with E-state index in [0.29, 0.717) is 5.92 Å². The molecule has 144 valence electrons. The molecule has 1 amide bonds. The smallest absolute Gasteiger partial charge is 0.252 e. The third kappa shape index (κ3) is 3.78. The van der Waals surface area contributed by atoms with Crippen LogP contribution >= 0.6 is 0 Å². The molecule has 4 nitrogen and oxygen atoms in total. The standard InChI is InChI=1S/C24H26N2O2/c1-16-7-3-4-8-19(16)24(27)25-17(2)21-15-23(18-11-13-28-14-12-18)26-22-10-6-5-9-20(21)22/h3-10,15,17-18H,11-14H2,1-2H3,(H,25,27)/t17-/m1/s1. The molecule has 2 aromatic carbocycles. The molecule has 4 rings (SSSR count). The molecule has 1 fully saturated rings. The fraction of sp³-hybridized carbons (Fsp3) is 0.333. The minimum absolute atomic E-state index is 0.0425. The van der Waals surface area contributed by atoms with Gasteiger partial charge in [-0.1, -0.05) is 36.4 Å². The zero-order valence-corrected chi connectivity index (χ0v) is 16.4. The maximum Gasteiger partial charge on any atom is 0.252 e. The van der Waals surface area contributed by atoms with Crippen molar-refractivity contribution in [2.75, 3.05) is 13.2 Å². The van der Waals surface area contributed by atoms with Crippen LogP contribution in [0.2, 0.25) is 0 Å². The van der Waals surface area contributed by atoms with Crippen LogP contribution in [-0.2, 0) is 4.74 Å². The zero-order valence-electron chi connectivity index (χ0n) is 16.4. The highest BCUT2D eigenvalue weighted by molar-refractivity contribution is 5.96. The van der Waals surface area contributed by atoms with Crippen LogP contribution in [0, 0.1) is 6.92 Å². The van der Waals surface area contributed by atoms with Gasteiger partial charge in [0.25, 0.3) is 5.91 Å². The number of pyridine rings is 1. The van der Waals surface area contributed by atoms with E-state index < -0.39 is 0 Å². The number of aryl methyl sites for hydroxylation is 1. The Morgan fingerprint density at radius 1 is 1.11 bits per heavy atom. The van der Waals surface area contributed by atoms with Crippen molar-refractivity contribution in [1.82, 2.24) is 10.3 Å². The molecule has 4 heteroatoms. The molecule has 0 unspecified atom stereocenters.